The van der Waals surface area contributed by atoms with Gasteiger partial charge < -0.3 is 15.0 Å². The number of carbonyl (C=O) groups is 1. The molecule has 0 aliphatic carbocycles. The molecule has 1 aliphatic heterocycles. The lowest BCUT2D eigenvalue weighted by molar-refractivity contribution is -0.120. The van der Waals surface area contributed by atoms with Crippen molar-refractivity contribution in [1.29, 1.82) is 0 Å². The minimum atomic E-state index is 0.00660. The van der Waals surface area contributed by atoms with Crippen LogP contribution in [-0.4, -0.2) is 60.4 Å². The molecule has 4 heterocycles. The molecule has 0 atom stereocenters. The highest BCUT2D eigenvalue weighted by Crippen LogP contribution is 2.34. The first-order chi connectivity index (χ1) is 17.5. The second kappa shape index (κ2) is 9.19. The van der Waals surface area contributed by atoms with E-state index in [9.17, 15) is 4.79 Å². The third kappa shape index (κ3) is 5.01. The zero-order valence-electron chi connectivity index (χ0n) is 22.1. The third-order valence-electron chi connectivity index (χ3n) is 6.85. The summed E-state index contributed by atoms with van der Waals surface area (Å²) in [5, 5.41) is 17.2. The third-order valence-corrected chi connectivity index (χ3v) is 6.85. The molecule has 0 amide bonds. The van der Waals surface area contributed by atoms with Crippen LogP contribution in [-0.2, 0) is 4.79 Å². The van der Waals surface area contributed by atoms with E-state index < -0.39 is 0 Å². The van der Waals surface area contributed by atoms with Crippen molar-refractivity contribution in [2.45, 2.75) is 64.6 Å². The van der Waals surface area contributed by atoms with Crippen LogP contribution < -0.4 is 15.0 Å². The maximum absolute atomic E-state index is 11.3. The maximum atomic E-state index is 11.3. The summed E-state index contributed by atoms with van der Waals surface area (Å²) < 4.78 is 7.06. The monoisotopic (exact) mass is 500 g/mol. The molecule has 192 valence electrons. The van der Waals surface area contributed by atoms with E-state index in [4.69, 9.17) is 4.74 Å². The Hall–Kier alpha value is -3.92. The zero-order chi connectivity index (χ0) is 26.4. The number of rotatable bonds is 6. The Morgan fingerprint density at radius 3 is 2.51 bits per heavy atom. The van der Waals surface area contributed by atoms with Crippen LogP contribution in [0.25, 0.3) is 28.2 Å². The molecule has 1 fully saturated rings. The minimum absolute atomic E-state index is 0.00660. The lowest BCUT2D eigenvalue weighted by Crippen LogP contribution is -2.62. The summed E-state index contributed by atoms with van der Waals surface area (Å²) in [6, 6.07) is 7.76. The number of hydrogen-bond donors (Lipinski definition) is 1. The topological polar surface area (TPSA) is 110 Å². The van der Waals surface area contributed by atoms with Crippen LogP contribution in [0, 0.1) is 6.92 Å². The quantitative estimate of drug-likeness (QED) is 0.395. The Morgan fingerprint density at radius 1 is 1.08 bits per heavy atom. The van der Waals surface area contributed by atoms with Gasteiger partial charge in [0.15, 0.2) is 5.65 Å². The summed E-state index contributed by atoms with van der Waals surface area (Å²) in [5.41, 5.74) is 4.47. The van der Waals surface area contributed by atoms with E-state index in [0.29, 0.717) is 29.4 Å². The predicted molar refractivity (Wildman–Crippen MR) is 141 cm³/mol. The van der Waals surface area contributed by atoms with Gasteiger partial charge in [0.05, 0.1) is 11.9 Å². The average molecular weight is 501 g/mol. The maximum Gasteiger partial charge on any atom is 0.298 e. The first-order valence-corrected chi connectivity index (χ1v) is 12.3. The Kier molecular flexibility index (Phi) is 6.15. The molecule has 0 spiro atoms. The number of aryl methyl sites for hydroxylation is 1. The smallest absolute Gasteiger partial charge is 0.298 e. The molecular formula is C27H32N8O2. The standard InChI is InChI=1S/C27H32N8O2/c1-17-11-21(32-35-10-9-28-24(17)35)18-7-8-20(23(12-18)37-16-36)22-15-29-25(31-30-22)34(6)19-13-26(2,3)33-27(4,5)14-19/h7-12,15-16,19,33H,13-14H2,1-6H3. The normalized spacial score (nSPS) is 17.0. The highest BCUT2D eigenvalue weighted by Gasteiger charge is 2.39. The Morgan fingerprint density at radius 2 is 1.84 bits per heavy atom. The molecule has 0 bridgehead atoms. The van der Waals surface area contributed by atoms with Crippen LogP contribution >= 0.6 is 0 Å². The van der Waals surface area contributed by atoms with Gasteiger partial charge in [0.25, 0.3) is 6.47 Å². The molecule has 4 aromatic rings. The largest absolute Gasteiger partial charge is 0.428 e. The molecule has 1 saturated heterocycles. The molecule has 0 saturated carbocycles. The summed E-state index contributed by atoms with van der Waals surface area (Å²) in [7, 11) is 2.01. The van der Waals surface area contributed by atoms with Crippen LogP contribution in [0.15, 0.2) is 42.9 Å². The van der Waals surface area contributed by atoms with Crippen LogP contribution in [0.5, 0.6) is 5.75 Å². The molecule has 1 N–H and O–H groups in total. The van der Waals surface area contributed by atoms with E-state index in [2.05, 4.69) is 63.2 Å². The zero-order valence-corrected chi connectivity index (χ0v) is 22.1. The molecule has 3 aromatic heterocycles. The van der Waals surface area contributed by atoms with Crippen LogP contribution in [0.1, 0.15) is 46.1 Å². The molecule has 5 rings (SSSR count). The Bertz CT molecular complexity index is 1430. The molecule has 1 aliphatic rings. The number of benzene rings is 1. The fourth-order valence-corrected chi connectivity index (χ4v) is 5.52. The van der Waals surface area contributed by atoms with E-state index >= 15 is 0 Å². The van der Waals surface area contributed by atoms with Crippen molar-refractivity contribution in [2.24, 2.45) is 0 Å². The first kappa shape index (κ1) is 24.8. The van der Waals surface area contributed by atoms with Gasteiger partial charge >= 0.3 is 0 Å². The molecule has 10 heteroatoms. The van der Waals surface area contributed by atoms with Gasteiger partial charge in [-0.15, -0.1) is 10.2 Å². The second-order valence-corrected chi connectivity index (χ2v) is 11.0. The predicted octanol–water partition coefficient (Wildman–Crippen LogP) is 3.84. The summed E-state index contributed by atoms with van der Waals surface area (Å²) in [6.07, 6.45) is 7.12. The summed E-state index contributed by atoms with van der Waals surface area (Å²) in [6.45, 7) is 11.3. The Labute approximate surface area is 216 Å². The van der Waals surface area contributed by atoms with Crippen molar-refractivity contribution in [2.75, 3.05) is 11.9 Å². The fourth-order valence-electron chi connectivity index (χ4n) is 5.52. The van der Waals surface area contributed by atoms with Crippen molar-refractivity contribution in [3.63, 3.8) is 0 Å². The number of hydrogen-bond acceptors (Lipinski definition) is 9. The summed E-state index contributed by atoms with van der Waals surface area (Å²) in [5.74, 6) is 0.918. The van der Waals surface area contributed by atoms with Gasteiger partial charge in [0.1, 0.15) is 11.4 Å². The van der Waals surface area contributed by atoms with Crippen molar-refractivity contribution in [3.05, 3.63) is 48.4 Å². The van der Waals surface area contributed by atoms with Crippen LogP contribution in [0.2, 0.25) is 0 Å². The first-order valence-electron chi connectivity index (χ1n) is 12.3. The van der Waals surface area contributed by atoms with Crippen LogP contribution in [0.3, 0.4) is 0 Å². The van der Waals surface area contributed by atoms with Crippen molar-refractivity contribution < 1.29 is 9.53 Å². The number of aromatic nitrogens is 6. The average Bonchev–Trinajstić information content (AvgIpc) is 3.31. The molecule has 0 unspecified atom stereocenters. The number of anilines is 1. The van der Waals surface area contributed by atoms with Crippen LogP contribution in [0.4, 0.5) is 5.95 Å². The number of imidazole rings is 1. The van der Waals surface area contributed by atoms with Gasteiger partial charge in [-0.05, 0) is 71.2 Å². The lowest BCUT2D eigenvalue weighted by atomic mass is 9.79. The van der Waals surface area contributed by atoms with E-state index in [0.717, 1.165) is 35.3 Å². The number of piperidine rings is 1. The highest BCUT2D eigenvalue weighted by molar-refractivity contribution is 5.75. The molecular weight excluding hydrogens is 468 g/mol. The highest BCUT2D eigenvalue weighted by atomic mass is 16.5. The van der Waals surface area contributed by atoms with Gasteiger partial charge in [0.2, 0.25) is 5.95 Å². The van der Waals surface area contributed by atoms with Gasteiger partial charge in [-0.2, -0.15) is 5.10 Å². The van der Waals surface area contributed by atoms with Gasteiger partial charge in [-0.25, -0.2) is 14.5 Å². The van der Waals surface area contributed by atoms with E-state index in [1.165, 1.54) is 0 Å². The SMILES string of the molecule is Cc1cc(-c2ccc(-c3cnc(N(C)C4CC(C)(C)NC(C)(C)C4)nn3)c(OC=O)c2)nn2ccnc12. The molecule has 10 nitrogen and oxygen atoms in total. The lowest BCUT2D eigenvalue weighted by Gasteiger charge is -2.48. The van der Waals surface area contributed by atoms with E-state index in [1.54, 1.807) is 29.2 Å². The number of ether oxygens (including phenoxy) is 1. The molecule has 0 radical (unpaired) electrons. The van der Waals surface area contributed by atoms with Crippen molar-refractivity contribution >= 4 is 18.1 Å². The van der Waals surface area contributed by atoms with E-state index in [-0.39, 0.29) is 17.1 Å². The minimum Gasteiger partial charge on any atom is -0.428 e. The number of fused-ring (bicyclic) bond motifs is 1. The fraction of sp³-hybridized carbons (Fsp3) is 0.407. The molecule has 37 heavy (non-hydrogen) atoms. The van der Waals surface area contributed by atoms with E-state index in [1.807, 2.05) is 32.2 Å². The van der Waals surface area contributed by atoms with Crippen molar-refractivity contribution in [1.82, 2.24) is 35.1 Å². The number of nitrogens with one attached hydrogen (secondary N) is 1. The molecule has 1 aromatic carbocycles. The summed E-state index contributed by atoms with van der Waals surface area (Å²) >= 11 is 0. The van der Waals surface area contributed by atoms with Gasteiger partial charge in [0, 0.05) is 47.7 Å². The van der Waals surface area contributed by atoms with Gasteiger partial charge in [-0.1, -0.05) is 6.07 Å². The van der Waals surface area contributed by atoms with Crippen molar-refractivity contribution in [3.8, 4) is 28.3 Å². The second-order valence-electron chi connectivity index (χ2n) is 11.0. The number of nitrogens with zero attached hydrogens (tertiary/aromatic N) is 7. The number of carbonyl (C=O) groups excluding carboxylic acids is 1. The Balaban J connectivity index is 1.43. The van der Waals surface area contributed by atoms with Gasteiger partial charge in [-0.3, -0.25) is 4.79 Å². The summed E-state index contributed by atoms with van der Waals surface area (Å²) in [4.78, 5) is 22.3.